The van der Waals surface area contributed by atoms with Crippen molar-refractivity contribution in [2.45, 2.75) is 38.2 Å². The summed E-state index contributed by atoms with van der Waals surface area (Å²) in [7, 11) is 0. The molecular formula is C13H17O. The molecule has 0 heterocycles. The van der Waals surface area contributed by atoms with Gasteiger partial charge in [-0.1, -0.05) is 43.5 Å². The molecule has 1 N–H and O–H groups in total. The fourth-order valence-electron chi connectivity index (χ4n) is 2.32. The Labute approximate surface area is 85.8 Å². The van der Waals surface area contributed by atoms with Gasteiger partial charge in [-0.15, -0.1) is 0 Å². The van der Waals surface area contributed by atoms with Crippen LogP contribution in [0, 0.1) is 12.0 Å². The fraction of sp³-hybridized carbons (Fsp3) is 0.538. The summed E-state index contributed by atoms with van der Waals surface area (Å²) in [5.41, 5.74) is 1.05. The molecule has 1 aromatic rings. The second-order valence-electron chi connectivity index (χ2n) is 4.18. The smallest absolute Gasteiger partial charge is 0.0818 e. The number of rotatable bonds is 2. The van der Waals surface area contributed by atoms with Gasteiger partial charge in [0.2, 0.25) is 0 Å². The van der Waals surface area contributed by atoms with Gasteiger partial charge >= 0.3 is 0 Å². The maximum absolute atomic E-state index is 10.1. The SMILES string of the molecule is OC(c1cc[c]cc1)C1CCCCC1. The average Bonchev–Trinajstić information content (AvgIpc) is 2.30. The van der Waals surface area contributed by atoms with E-state index in [0.29, 0.717) is 5.92 Å². The molecule has 1 atom stereocenters. The van der Waals surface area contributed by atoms with E-state index in [1.165, 1.54) is 32.1 Å². The Balaban J connectivity index is 2.03. The summed E-state index contributed by atoms with van der Waals surface area (Å²) in [4.78, 5) is 0. The zero-order valence-electron chi connectivity index (χ0n) is 8.45. The van der Waals surface area contributed by atoms with E-state index in [1.807, 2.05) is 24.3 Å². The summed E-state index contributed by atoms with van der Waals surface area (Å²) >= 11 is 0. The van der Waals surface area contributed by atoms with Crippen LogP contribution in [0.25, 0.3) is 0 Å². The van der Waals surface area contributed by atoms with E-state index in [9.17, 15) is 5.11 Å². The lowest BCUT2D eigenvalue weighted by atomic mass is 9.83. The minimum Gasteiger partial charge on any atom is -0.388 e. The molecule has 0 saturated heterocycles. The molecule has 14 heavy (non-hydrogen) atoms. The molecule has 0 amide bonds. The molecule has 0 aromatic heterocycles. The summed E-state index contributed by atoms with van der Waals surface area (Å²) < 4.78 is 0. The van der Waals surface area contributed by atoms with Crippen molar-refractivity contribution in [1.29, 1.82) is 0 Å². The molecule has 1 fully saturated rings. The van der Waals surface area contributed by atoms with Crippen molar-refractivity contribution in [3.8, 4) is 0 Å². The first-order valence-electron chi connectivity index (χ1n) is 5.52. The average molecular weight is 189 g/mol. The van der Waals surface area contributed by atoms with Crippen LogP contribution in [0.2, 0.25) is 0 Å². The predicted octanol–water partition coefficient (Wildman–Crippen LogP) is 3.10. The van der Waals surface area contributed by atoms with Gasteiger partial charge in [-0.25, -0.2) is 0 Å². The monoisotopic (exact) mass is 189 g/mol. The highest BCUT2D eigenvalue weighted by Crippen LogP contribution is 2.33. The lowest BCUT2D eigenvalue weighted by molar-refractivity contribution is 0.0848. The molecule has 0 aliphatic heterocycles. The van der Waals surface area contributed by atoms with Crippen molar-refractivity contribution in [3.05, 3.63) is 35.9 Å². The minimum atomic E-state index is -0.259. The topological polar surface area (TPSA) is 20.2 Å². The normalized spacial score (nSPS) is 20.6. The Morgan fingerprint density at radius 3 is 2.43 bits per heavy atom. The van der Waals surface area contributed by atoms with Crippen LogP contribution in [0.4, 0.5) is 0 Å². The Morgan fingerprint density at radius 1 is 1.14 bits per heavy atom. The summed E-state index contributed by atoms with van der Waals surface area (Å²) in [6.07, 6.45) is 6.00. The molecule has 0 bridgehead atoms. The van der Waals surface area contributed by atoms with Gasteiger partial charge in [-0.05, 0) is 30.4 Å². The molecule has 1 heteroatoms. The van der Waals surface area contributed by atoms with Crippen LogP contribution in [0.3, 0.4) is 0 Å². The number of aliphatic hydroxyl groups excluding tert-OH is 1. The predicted molar refractivity (Wildman–Crippen MR) is 56.8 cm³/mol. The van der Waals surface area contributed by atoms with Crippen LogP contribution in [0.15, 0.2) is 24.3 Å². The van der Waals surface area contributed by atoms with Gasteiger partial charge in [0.15, 0.2) is 0 Å². The Bertz CT molecular complexity index is 262. The molecule has 75 valence electrons. The van der Waals surface area contributed by atoms with Crippen molar-refractivity contribution in [2.24, 2.45) is 5.92 Å². The third-order valence-electron chi connectivity index (χ3n) is 3.18. The van der Waals surface area contributed by atoms with E-state index in [-0.39, 0.29) is 6.10 Å². The van der Waals surface area contributed by atoms with Gasteiger partial charge in [0, 0.05) is 0 Å². The highest BCUT2D eigenvalue weighted by molar-refractivity contribution is 5.17. The number of hydrogen-bond donors (Lipinski definition) is 1. The summed E-state index contributed by atoms with van der Waals surface area (Å²) in [5.74, 6) is 0.478. The highest BCUT2D eigenvalue weighted by Gasteiger charge is 2.22. The van der Waals surface area contributed by atoms with E-state index in [1.54, 1.807) is 0 Å². The maximum Gasteiger partial charge on any atom is 0.0818 e. The molecule has 1 aliphatic carbocycles. The van der Waals surface area contributed by atoms with Crippen molar-refractivity contribution >= 4 is 0 Å². The van der Waals surface area contributed by atoms with Crippen LogP contribution in [0.1, 0.15) is 43.8 Å². The van der Waals surface area contributed by atoms with Crippen molar-refractivity contribution in [1.82, 2.24) is 0 Å². The van der Waals surface area contributed by atoms with E-state index < -0.39 is 0 Å². The first kappa shape index (κ1) is 9.72. The zero-order valence-corrected chi connectivity index (χ0v) is 8.45. The Hall–Kier alpha value is -0.820. The van der Waals surface area contributed by atoms with Crippen LogP contribution in [0.5, 0.6) is 0 Å². The quantitative estimate of drug-likeness (QED) is 0.758. The first-order chi connectivity index (χ1) is 6.88. The lowest BCUT2D eigenvalue weighted by Gasteiger charge is -2.26. The number of aliphatic hydroxyl groups is 1. The number of hydrogen-bond acceptors (Lipinski definition) is 1. The van der Waals surface area contributed by atoms with Crippen LogP contribution in [-0.4, -0.2) is 5.11 Å². The molecule has 1 nitrogen and oxygen atoms in total. The van der Waals surface area contributed by atoms with Gasteiger partial charge in [-0.3, -0.25) is 0 Å². The second kappa shape index (κ2) is 4.61. The largest absolute Gasteiger partial charge is 0.388 e. The molecule has 1 unspecified atom stereocenters. The minimum absolute atomic E-state index is 0.259. The van der Waals surface area contributed by atoms with Crippen molar-refractivity contribution < 1.29 is 5.11 Å². The molecule has 1 aliphatic rings. The third kappa shape index (κ3) is 2.16. The fourth-order valence-corrected chi connectivity index (χ4v) is 2.32. The Morgan fingerprint density at radius 2 is 1.79 bits per heavy atom. The second-order valence-corrected chi connectivity index (χ2v) is 4.18. The van der Waals surface area contributed by atoms with E-state index in [0.717, 1.165) is 5.56 Å². The molecule has 2 rings (SSSR count). The van der Waals surface area contributed by atoms with E-state index >= 15 is 0 Å². The first-order valence-corrected chi connectivity index (χ1v) is 5.52. The molecule has 1 aromatic carbocycles. The lowest BCUT2D eigenvalue weighted by Crippen LogP contribution is -2.15. The van der Waals surface area contributed by atoms with E-state index in [2.05, 4.69) is 6.07 Å². The highest BCUT2D eigenvalue weighted by atomic mass is 16.3. The standard InChI is InChI=1S/C13H17O/c14-13(11-7-3-1-4-8-11)12-9-5-2-6-10-12/h5-6,9-11,13-14H,1,3-4,7-8H2. The Kier molecular flexibility index (Phi) is 3.20. The van der Waals surface area contributed by atoms with Crippen molar-refractivity contribution in [3.63, 3.8) is 0 Å². The van der Waals surface area contributed by atoms with E-state index in [4.69, 9.17) is 0 Å². The number of benzene rings is 1. The summed E-state index contributed by atoms with van der Waals surface area (Å²) in [6, 6.07) is 10.7. The van der Waals surface area contributed by atoms with Crippen LogP contribution >= 0.6 is 0 Å². The van der Waals surface area contributed by atoms with Gasteiger partial charge < -0.3 is 5.11 Å². The van der Waals surface area contributed by atoms with Gasteiger partial charge in [0.25, 0.3) is 0 Å². The molecular weight excluding hydrogens is 172 g/mol. The van der Waals surface area contributed by atoms with Crippen LogP contribution < -0.4 is 0 Å². The van der Waals surface area contributed by atoms with Crippen LogP contribution in [-0.2, 0) is 0 Å². The molecule has 0 spiro atoms. The van der Waals surface area contributed by atoms with Gasteiger partial charge in [0.05, 0.1) is 6.10 Å². The third-order valence-corrected chi connectivity index (χ3v) is 3.18. The van der Waals surface area contributed by atoms with Crippen molar-refractivity contribution in [2.75, 3.05) is 0 Å². The molecule has 1 saturated carbocycles. The molecule has 1 radical (unpaired) electrons. The summed E-state index contributed by atoms with van der Waals surface area (Å²) in [6.45, 7) is 0. The summed E-state index contributed by atoms with van der Waals surface area (Å²) in [5, 5.41) is 10.1. The maximum atomic E-state index is 10.1. The van der Waals surface area contributed by atoms with Gasteiger partial charge in [-0.2, -0.15) is 0 Å². The van der Waals surface area contributed by atoms with Gasteiger partial charge in [0.1, 0.15) is 0 Å². The zero-order chi connectivity index (χ0) is 9.80.